The van der Waals surface area contributed by atoms with Gasteiger partial charge >= 0.3 is 16.9 Å². The van der Waals surface area contributed by atoms with Crippen LogP contribution in [0.3, 0.4) is 0 Å². The van der Waals surface area contributed by atoms with Crippen LogP contribution in [0.15, 0.2) is 24.3 Å². The zero-order valence-electron chi connectivity index (χ0n) is 5.13. The fraction of sp³-hybridized carbons (Fsp3) is 0. The monoisotopic (exact) mass is 172 g/mol. The summed E-state index contributed by atoms with van der Waals surface area (Å²) in [4.78, 5) is 0. The van der Waals surface area contributed by atoms with Crippen molar-refractivity contribution in [3.63, 3.8) is 0 Å². The van der Waals surface area contributed by atoms with Crippen molar-refractivity contribution in [2.45, 2.75) is 0 Å². The lowest BCUT2D eigenvalue weighted by atomic mass is 10.4. The summed E-state index contributed by atoms with van der Waals surface area (Å²) in [5.41, 5.74) is 0. The first kappa shape index (κ1) is 7.53. The van der Waals surface area contributed by atoms with Crippen molar-refractivity contribution in [1.29, 1.82) is 0 Å². The molecule has 0 aromatic heterocycles. The molecule has 0 N–H and O–H groups in total. The van der Waals surface area contributed by atoms with Crippen LogP contribution in [-0.4, -0.2) is 0 Å². The topological polar surface area (TPSA) is 34.1 Å². The first-order chi connectivity index (χ1) is 4.88. The number of hydrogen-bond donors (Lipinski definition) is 0. The minimum Gasteiger partial charge on any atom is -0.0705 e. The van der Waals surface area contributed by atoms with E-state index in [1.165, 1.54) is 0 Å². The molecule has 0 bridgehead atoms. The zero-order valence-corrected chi connectivity index (χ0v) is 7.13. The Hall–Kier alpha value is -0.580. The molecule has 0 saturated carbocycles. The Morgan fingerprint density at radius 3 is 1.60 bits per heavy atom. The van der Waals surface area contributed by atoms with Crippen molar-refractivity contribution in [3.05, 3.63) is 24.3 Å². The Morgan fingerprint density at radius 2 is 1.30 bits per heavy atom. The third-order valence-electron chi connectivity index (χ3n) is 1.15. The molecule has 1 rings (SSSR count). The van der Waals surface area contributed by atoms with E-state index in [4.69, 9.17) is 0 Å². The Kier molecular flexibility index (Phi) is 2.68. The summed E-state index contributed by atoms with van der Waals surface area (Å²) in [5, 5.41) is 1.33. The molecule has 2 atom stereocenters. The Labute approximate surface area is 61.7 Å². The second kappa shape index (κ2) is 3.55. The molecule has 50 valence electrons. The average Bonchev–Trinajstić information content (AvgIpc) is 2.04. The van der Waals surface area contributed by atoms with Crippen LogP contribution in [0.5, 0.6) is 0 Å². The quantitative estimate of drug-likeness (QED) is 0.623. The molecule has 0 fully saturated rings. The van der Waals surface area contributed by atoms with Gasteiger partial charge in [0.15, 0.2) is 0 Å². The third kappa shape index (κ3) is 1.47. The van der Waals surface area contributed by atoms with Crippen molar-refractivity contribution in [1.82, 2.24) is 0 Å². The van der Waals surface area contributed by atoms with Crippen LogP contribution in [0.25, 0.3) is 0 Å². The van der Waals surface area contributed by atoms with Crippen LogP contribution in [0, 0.1) is 0 Å². The van der Waals surface area contributed by atoms with Gasteiger partial charge in [0.2, 0.25) is 10.6 Å². The number of hydrogen-bond acceptors (Lipinski definition) is 2. The lowest BCUT2D eigenvalue weighted by Crippen LogP contribution is -2.10. The molecule has 0 spiro atoms. The highest BCUT2D eigenvalue weighted by molar-refractivity contribution is 7.42. The van der Waals surface area contributed by atoms with Crippen LogP contribution in [-0.2, 0) is 9.13 Å². The van der Waals surface area contributed by atoms with E-state index in [9.17, 15) is 9.13 Å². The molecular formula is C6H6O2P2+2. The van der Waals surface area contributed by atoms with Gasteiger partial charge in [0, 0.05) is 0 Å². The van der Waals surface area contributed by atoms with Crippen LogP contribution in [0.1, 0.15) is 0 Å². The molecule has 0 aliphatic rings. The van der Waals surface area contributed by atoms with Gasteiger partial charge in [0.25, 0.3) is 0 Å². The smallest absolute Gasteiger partial charge is 0.0705 e. The van der Waals surface area contributed by atoms with Gasteiger partial charge in [-0.25, -0.2) is 0 Å². The molecule has 0 radical (unpaired) electrons. The molecule has 2 nitrogen and oxygen atoms in total. The molecule has 0 aliphatic heterocycles. The first-order valence-corrected chi connectivity index (χ1v) is 4.55. The van der Waals surface area contributed by atoms with Gasteiger partial charge in [-0.3, -0.25) is 0 Å². The van der Waals surface area contributed by atoms with Crippen molar-refractivity contribution >= 4 is 27.5 Å². The Bertz CT molecular complexity index is 233. The van der Waals surface area contributed by atoms with Gasteiger partial charge in [-0.1, -0.05) is 21.3 Å². The van der Waals surface area contributed by atoms with Gasteiger partial charge in [0.1, 0.15) is 0 Å². The molecule has 0 heterocycles. The molecule has 2 unspecified atom stereocenters. The fourth-order valence-corrected chi connectivity index (χ4v) is 1.68. The summed E-state index contributed by atoms with van der Waals surface area (Å²) in [5.74, 6) is 0. The third-order valence-corrected chi connectivity index (χ3v) is 2.71. The minimum atomic E-state index is -0.507. The molecule has 1 aromatic carbocycles. The molecule has 10 heavy (non-hydrogen) atoms. The van der Waals surface area contributed by atoms with E-state index in [0.29, 0.717) is 10.6 Å². The maximum Gasteiger partial charge on any atom is 0.367 e. The summed E-state index contributed by atoms with van der Waals surface area (Å²) in [6.45, 7) is 0. The standard InChI is InChI=1S/C6H4O2P2/c7-9-5-3-1-2-4-6(5)10-8/h1-4H/p+2. The van der Waals surface area contributed by atoms with Crippen LogP contribution in [0.2, 0.25) is 0 Å². The number of rotatable bonds is 2. The fourth-order valence-electron chi connectivity index (χ4n) is 0.661. The maximum absolute atomic E-state index is 10.4. The summed E-state index contributed by atoms with van der Waals surface area (Å²) in [6, 6.07) is 6.99. The summed E-state index contributed by atoms with van der Waals surface area (Å²) in [6.07, 6.45) is 0. The maximum atomic E-state index is 10.4. The SMILES string of the molecule is O=[PH+]c1ccccc1[PH+]=O. The van der Waals surface area contributed by atoms with Gasteiger partial charge in [-0.2, -0.15) is 0 Å². The van der Waals surface area contributed by atoms with E-state index in [0.717, 1.165) is 0 Å². The van der Waals surface area contributed by atoms with Crippen LogP contribution in [0.4, 0.5) is 0 Å². The van der Waals surface area contributed by atoms with Gasteiger partial charge < -0.3 is 0 Å². The van der Waals surface area contributed by atoms with Crippen LogP contribution >= 0.6 is 16.9 Å². The molecule has 4 heteroatoms. The van der Waals surface area contributed by atoms with Crippen LogP contribution < -0.4 is 10.6 Å². The highest BCUT2D eigenvalue weighted by Gasteiger charge is 2.13. The van der Waals surface area contributed by atoms with E-state index in [1.54, 1.807) is 24.3 Å². The normalized spacial score (nSPS) is 10.4. The van der Waals surface area contributed by atoms with Crippen molar-refractivity contribution < 1.29 is 9.13 Å². The molecule has 0 aliphatic carbocycles. The first-order valence-electron chi connectivity index (χ1n) is 2.74. The molecular weight excluding hydrogens is 166 g/mol. The Balaban J connectivity index is 3.20. The van der Waals surface area contributed by atoms with Crippen molar-refractivity contribution in [2.75, 3.05) is 0 Å². The second-order valence-corrected chi connectivity index (χ2v) is 3.24. The lowest BCUT2D eigenvalue weighted by molar-refractivity contribution is 0.601. The minimum absolute atomic E-state index is 0.507. The highest BCUT2D eigenvalue weighted by atomic mass is 31.1. The van der Waals surface area contributed by atoms with Gasteiger partial charge in [-0.05, 0) is 12.1 Å². The van der Waals surface area contributed by atoms with E-state index in [-0.39, 0.29) is 0 Å². The summed E-state index contributed by atoms with van der Waals surface area (Å²) >= 11 is 0. The lowest BCUT2D eigenvalue weighted by Gasteiger charge is -1.77. The van der Waals surface area contributed by atoms with Crippen molar-refractivity contribution in [2.24, 2.45) is 0 Å². The molecule has 1 aromatic rings. The molecule has 0 amide bonds. The number of benzene rings is 1. The second-order valence-electron chi connectivity index (χ2n) is 1.75. The predicted molar refractivity (Wildman–Crippen MR) is 43.7 cm³/mol. The van der Waals surface area contributed by atoms with E-state index in [1.807, 2.05) is 0 Å². The zero-order chi connectivity index (χ0) is 7.40. The van der Waals surface area contributed by atoms with E-state index in [2.05, 4.69) is 0 Å². The predicted octanol–water partition coefficient (Wildman–Crippen LogP) is 0.985. The summed E-state index contributed by atoms with van der Waals surface area (Å²) in [7, 11) is -1.01. The van der Waals surface area contributed by atoms with E-state index >= 15 is 0 Å². The average molecular weight is 172 g/mol. The van der Waals surface area contributed by atoms with E-state index < -0.39 is 16.9 Å². The van der Waals surface area contributed by atoms with Crippen molar-refractivity contribution in [3.8, 4) is 0 Å². The largest absolute Gasteiger partial charge is 0.367 e. The summed E-state index contributed by atoms with van der Waals surface area (Å²) < 4.78 is 20.8. The highest BCUT2D eigenvalue weighted by Crippen LogP contribution is 1.99. The van der Waals surface area contributed by atoms with Gasteiger partial charge in [-0.15, -0.1) is 0 Å². The Morgan fingerprint density at radius 1 is 0.900 bits per heavy atom. The molecule has 0 saturated heterocycles. The van der Waals surface area contributed by atoms with Gasteiger partial charge in [0.05, 0.1) is 0 Å².